The van der Waals surface area contributed by atoms with Crippen LogP contribution >= 0.6 is 22.9 Å². The summed E-state index contributed by atoms with van der Waals surface area (Å²) < 4.78 is 10.7. The second kappa shape index (κ2) is 8.41. The molecule has 1 unspecified atom stereocenters. The quantitative estimate of drug-likeness (QED) is 0.545. The molecule has 1 aliphatic rings. The molecular formula is C22H17ClN2O5S. The van der Waals surface area contributed by atoms with E-state index in [-0.39, 0.29) is 10.6 Å². The van der Waals surface area contributed by atoms with Crippen LogP contribution in [0.3, 0.4) is 0 Å². The lowest BCUT2D eigenvalue weighted by Gasteiger charge is -2.27. The number of carbonyl (C=O) groups excluding carboxylic acids is 2. The second-order valence-corrected chi connectivity index (χ2v) is 7.93. The highest BCUT2D eigenvalue weighted by Gasteiger charge is 2.45. The van der Waals surface area contributed by atoms with Crippen LogP contribution in [0.4, 0.5) is 5.69 Å². The van der Waals surface area contributed by atoms with Gasteiger partial charge in [0.2, 0.25) is 5.78 Å². The van der Waals surface area contributed by atoms with E-state index < -0.39 is 23.5 Å². The summed E-state index contributed by atoms with van der Waals surface area (Å²) in [5.41, 5.74) is 0.981. The molecule has 0 aliphatic carbocycles. The number of amides is 1. The zero-order chi connectivity index (χ0) is 22.1. The van der Waals surface area contributed by atoms with E-state index >= 15 is 0 Å². The van der Waals surface area contributed by atoms with Crippen molar-refractivity contribution in [1.29, 1.82) is 0 Å². The highest BCUT2D eigenvalue weighted by molar-refractivity contribution is 7.11. The maximum absolute atomic E-state index is 13.2. The Bertz CT molecular complexity index is 1180. The van der Waals surface area contributed by atoms with Crippen molar-refractivity contribution in [2.24, 2.45) is 0 Å². The number of rotatable bonds is 6. The summed E-state index contributed by atoms with van der Waals surface area (Å²) in [5, 5.41) is 13.1. The number of aromatic nitrogens is 1. The molecule has 1 aromatic heterocycles. The Hall–Kier alpha value is -3.36. The van der Waals surface area contributed by atoms with Crippen molar-refractivity contribution in [3.05, 3.63) is 81.0 Å². The Balaban J connectivity index is 1.90. The Labute approximate surface area is 187 Å². The molecule has 7 nitrogen and oxygen atoms in total. The fourth-order valence-corrected chi connectivity index (χ4v) is 4.21. The van der Waals surface area contributed by atoms with Gasteiger partial charge in [0.15, 0.2) is 22.3 Å². The van der Waals surface area contributed by atoms with Gasteiger partial charge in [0, 0.05) is 22.3 Å². The lowest BCUT2D eigenvalue weighted by Crippen LogP contribution is -2.31. The van der Waals surface area contributed by atoms with Gasteiger partial charge in [-0.2, -0.15) is 0 Å². The molecule has 2 heterocycles. The summed E-state index contributed by atoms with van der Waals surface area (Å²) in [7, 11) is 3.01. The third-order valence-corrected chi connectivity index (χ3v) is 5.93. The van der Waals surface area contributed by atoms with Gasteiger partial charge in [0.05, 0.1) is 25.8 Å². The standard InChI is InChI=1S/C22H17ClN2O5S/c1-29-15-8-3-12(11-16(15)30-2)18-17(19(26)21-24-9-10-31-21)20(27)22(28)25(18)14-6-4-13(23)5-7-14/h3-11,18,27H,1-2H3. The largest absolute Gasteiger partial charge is 0.503 e. The number of Topliss-reactive ketones (excluding diaryl/α,β-unsaturated/α-hetero) is 1. The van der Waals surface area contributed by atoms with Crippen molar-refractivity contribution < 1.29 is 24.2 Å². The zero-order valence-corrected chi connectivity index (χ0v) is 18.1. The molecule has 1 N–H and O–H groups in total. The van der Waals surface area contributed by atoms with Crippen molar-refractivity contribution in [1.82, 2.24) is 4.98 Å². The van der Waals surface area contributed by atoms with E-state index in [1.165, 1.54) is 25.3 Å². The van der Waals surface area contributed by atoms with E-state index in [2.05, 4.69) is 4.98 Å². The van der Waals surface area contributed by atoms with Crippen LogP contribution in [0, 0.1) is 0 Å². The van der Waals surface area contributed by atoms with E-state index in [1.54, 1.807) is 47.8 Å². The number of methoxy groups -OCH3 is 2. The van der Waals surface area contributed by atoms with Gasteiger partial charge in [-0.05, 0) is 42.0 Å². The van der Waals surface area contributed by atoms with Crippen LogP contribution in [0.15, 0.2) is 65.4 Å². The van der Waals surface area contributed by atoms with E-state index in [0.717, 1.165) is 11.3 Å². The summed E-state index contributed by atoms with van der Waals surface area (Å²) >= 11 is 7.13. The first-order valence-corrected chi connectivity index (χ1v) is 10.4. The molecule has 9 heteroatoms. The monoisotopic (exact) mass is 456 g/mol. The summed E-state index contributed by atoms with van der Waals surface area (Å²) in [5.74, 6) is -0.903. The molecular weight excluding hydrogens is 440 g/mol. The zero-order valence-electron chi connectivity index (χ0n) is 16.5. The lowest BCUT2D eigenvalue weighted by molar-refractivity contribution is -0.117. The van der Waals surface area contributed by atoms with Gasteiger partial charge < -0.3 is 14.6 Å². The number of hydrogen-bond donors (Lipinski definition) is 1. The van der Waals surface area contributed by atoms with Gasteiger partial charge in [-0.3, -0.25) is 14.5 Å². The molecule has 0 fully saturated rings. The maximum Gasteiger partial charge on any atom is 0.294 e. The van der Waals surface area contributed by atoms with Crippen LogP contribution in [-0.2, 0) is 4.79 Å². The molecule has 2 aromatic carbocycles. The first-order valence-electron chi connectivity index (χ1n) is 9.14. The van der Waals surface area contributed by atoms with Crippen molar-refractivity contribution in [2.75, 3.05) is 19.1 Å². The summed E-state index contributed by atoms with van der Waals surface area (Å²) in [4.78, 5) is 31.7. The average molecular weight is 457 g/mol. The van der Waals surface area contributed by atoms with Crippen molar-refractivity contribution in [2.45, 2.75) is 6.04 Å². The first kappa shape index (κ1) is 20.9. The number of aliphatic hydroxyl groups is 1. The van der Waals surface area contributed by atoms with Gasteiger partial charge in [-0.15, -0.1) is 11.3 Å². The predicted molar refractivity (Wildman–Crippen MR) is 117 cm³/mol. The number of thiazole rings is 1. The first-order chi connectivity index (χ1) is 15.0. The van der Waals surface area contributed by atoms with E-state index in [1.807, 2.05) is 0 Å². The summed E-state index contributed by atoms with van der Waals surface area (Å²) in [6, 6.07) is 10.7. The minimum absolute atomic E-state index is 0.0536. The van der Waals surface area contributed by atoms with Crippen molar-refractivity contribution in [3.8, 4) is 11.5 Å². The number of aliphatic hydroxyl groups excluding tert-OH is 1. The Kier molecular flexibility index (Phi) is 5.67. The topological polar surface area (TPSA) is 89.0 Å². The molecule has 1 aliphatic heterocycles. The third-order valence-electron chi connectivity index (χ3n) is 4.91. The third kappa shape index (κ3) is 3.64. The smallest absolute Gasteiger partial charge is 0.294 e. The van der Waals surface area contributed by atoms with Gasteiger partial charge in [0.25, 0.3) is 5.91 Å². The number of nitrogens with zero attached hydrogens (tertiary/aromatic N) is 2. The number of anilines is 1. The Morgan fingerprint density at radius 3 is 2.45 bits per heavy atom. The van der Waals surface area contributed by atoms with Crippen LogP contribution in [0.5, 0.6) is 11.5 Å². The Morgan fingerprint density at radius 1 is 1.13 bits per heavy atom. The number of hydrogen-bond acceptors (Lipinski definition) is 7. The molecule has 1 amide bonds. The van der Waals surface area contributed by atoms with E-state index in [0.29, 0.717) is 27.8 Å². The Morgan fingerprint density at radius 2 is 1.84 bits per heavy atom. The van der Waals surface area contributed by atoms with E-state index in [4.69, 9.17) is 21.1 Å². The number of benzene rings is 2. The maximum atomic E-state index is 13.2. The molecule has 0 bridgehead atoms. The molecule has 0 spiro atoms. The van der Waals surface area contributed by atoms with Crippen LogP contribution < -0.4 is 14.4 Å². The SMILES string of the molecule is COc1ccc(C2C(C(=O)c3nccs3)=C(O)C(=O)N2c2ccc(Cl)cc2)cc1OC. The molecule has 0 saturated heterocycles. The molecule has 0 saturated carbocycles. The summed E-state index contributed by atoms with van der Waals surface area (Å²) in [6.07, 6.45) is 1.49. The van der Waals surface area contributed by atoms with E-state index in [9.17, 15) is 14.7 Å². The minimum atomic E-state index is -0.898. The fourth-order valence-electron chi connectivity index (χ4n) is 3.49. The van der Waals surface area contributed by atoms with Crippen LogP contribution in [0.1, 0.15) is 21.4 Å². The number of ketones is 1. The minimum Gasteiger partial charge on any atom is -0.503 e. The van der Waals surface area contributed by atoms with Gasteiger partial charge >= 0.3 is 0 Å². The van der Waals surface area contributed by atoms with Gasteiger partial charge in [-0.25, -0.2) is 4.98 Å². The molecule has 0 radical (unpaired) electrons. The number of ether oxygens (including phenoxy) is 2. The van der Waals surface area contributed by atoms with Gasteiger partial charge in [-0.1, -0.05) is 17.7 Å². The second-order valence-electron chi connectivity index (χ2n) is 6.60. The molecule has 31 heavy (non-hydrogen) atoms. The van der Waals surface area contributed by atoms with Gasteiger partial charge in [0.1, 0.15) is 0 Å². The number of carbonyl (C=O) groups is 2. The highest BCUT2D eigenvalue weighted by Crippen LogP contribution is 2.44. The lowest BCUT2D eigenvalue weighted by atomic mass is 9.95. The molecule has 1 atom stereocenters. The molecule has 3 aromatic rings. The normalized spacial score (nSPS) is 16.0. The van der Waals surface area contributed by atoms with Crippen molar-refractivity contribution >= 4 is 40.3 Å². The molecule has 4 rings (SSSR count). The highest BCUT2D eigenvalue weighted by atomic mass is 35.5. The fraction of sp³-hybridized carbons (Fsp3) is 0.136. The summed E-state index contributed by atoms with van der Waals surface area (Å²) in [6.45, 7) is 0. The average Bonchev–Trinajstić information content (AvgIpc) is 3.41. The van der Waals surface area contributed by atoms with Crippen LogP contribution in [0.25, 0.3) is 0 Å². The van der Waals surface area contributed by atoms with Crippen LogP contribution in [-0.4, -0.2) is 36.0 Å². The predicted octanol–water partition coefficient (Wildman–Crippen LogP) is 4.60. The van der Waals surface area contributed by atoms with Crippen molar-refractivity contribution in [3.63, 3.8) is 0 Å². The molecule has 158 valence electrons. The van der Waals surface area contributed by atoms with Crippen LogP contribution in [0.2, 0.25) is 5.02 Å². The number of halogens is 1.